The molecule has 0 aliphatic rings. The number of carbonyl (C=O) groups excluding carboxylic acids is 1. The van der Waals surface area contributed by atoms with Crippen LogP contribution in [0.25, 0.3) is 10.9 Å². The number of fused-ring (bicyclic) bond motifs is 1. The van der Waals surface area contributed by atoms with Gasteiger partial charge in [-0.05, 0) is 66.8 Å². The molecule has 4 aromatic rings. The predicted molar refractivity (Wildman–Crippen MR) is 152 cm³/mol. The number of hydrogen-bond donors (Lipinski definition) is 0. The second-order valence-electron chi connectivity index (χ2n) is 10.5. The van der Waals surface area contributed by atoms with Crippen LogP contribution in [-0.2, 0) is 29.1 Å². The molecule has 0 N–H and O–H groups in total. The van der Waals surface area contributed by atoms with Gasteiger partial charge in [0.25, 0.3) is 0 Å². The molecule has 1 heterocycles. The highest BCUT2D eigenvalue weighted by atomic mass is 16.5. The van der Waals surface area contributed by atoms with Gasteiger partial charge in [0.2, 0.25) is 0 Å². The highest BCUT2D eigenvalue weighted by Gasteiger charge is 2.12. The number of aryl methyl sites for hydroxylation is 1. The van der Waals surface area contributed by atoms with Crippen molar-refractivity contribution >= 4 is 22.6 Å². The lowest BCUT2D eigenvalue weighted by molar-refractivity contribution is -0.142. The number of unbranched alkanes of at least 4 members (excludes halogenated alkanes) is 3. The van der Waals surface area contributed by atoms with Crippen LogP contribution in [0.4, 0.5) is 5.69 Å². The topological polar surface area (TPSA) is 40.5 Å². The maximum atomic E-state index is 12.2. The van der Waals surface area contributed by atoms with Gasteiger partial charge in [0.15, 0.2) is 0 Å². The van der Waals surface area contributed by atoms with E-state index in [0.29, 0.717) is 19.6 Å². The Morgan fingerprint density at radius 3 is 2.32 bits per heavy atom. The normalized spacial score (nSPS) is 11.5. The minimum Gasteiger partial charge on any atom is -0.489 e. The number of ether oxygens (including phenoxy) is 2. The van der Waals surface area contributed by atoms with Gasteiger partial charge in [-0.25, -0.2) is 0 Å². The molecule has 0 amide bonds. The molecule has 194 valence electrons. The molecule has 0 saturated heterocycles. The van der Waals surface area contributed by atoms with Crippen molar-refractivity contribution in [1.29, 1.82) is 0 Å². The maximum Gasteiger partial charge on any atom is 0.310 e. The summed E-state index contributed by atoms with van der Waals surface area (Å²) in [6.45, 7) is 2.05. The molecular formula is C32H39N2O3+. The fourth-order valence-corrected chi connectivity index (χ4v) is 4.41. The van der Waals surface area contributed by atoms with Crippen LogP contribution >= 0.6 is 0 Å². The third-order valence-corrected chi connectivity index (χ3v) is 6.61. The Kier molecular flexibility index (Phi) is 9.02. The summed E-state index contributed by atoms with van der Waals surface area (Å²) in [5, 5.41) is 1.20. The predicted octanol–water partition coefficient (Wildman–Crippen LogP) is 6.76. The fraction of sp³-hybridized carbons (Fsp3) is 0.344. The van der Waals surface area contributed by atoms with Gasteiger partial charge in [-0.15, -0.1) is 0 Å². The van der Waals surface area contributed by atoms with E-state index >= 15 is 0 Å². The summed E-state index contributed by atoms with van der Waals surface area (Å²) in [5.74, 6) is 0.744. The van der Waals surface area contributed by atoms with Crippen LogP contribution in [0.5, 0.6) is 5.75 Å². The van der Waals surface area contributed by atoms with Crippen LogP contribution in [0.1, 0.15) is 36.8 Å². The summed E-state index contributed by atoms with van der Waals surface area (Å²) >= 11 is 0. The minimum atomic E-state index is -0.149. The van der Waals surface area contributed by atoms with Crippen LogP contribution < -0.4 is 9.22 Å². The second kappa shape index (κ2) is 12.6. The zero-order chi connectivity index (χ0) is 26.1. The Balaban J connectivity index is 1.12. The van der Waals surface area contributed by atoms with E-state index in [1.165, 1.54) is 22.2 Å². The van der Waals surface area contributed by atoms with E-state index in [4.69, 9.17) is 9.47 Å². The van der Waals surface area contributed by atoms with Crippen molar-refractivity contribution in [3.8, 4) is 5.75 Å². The summed E-state index contributed by atoms with van der Waals surface area (Å²) in [4.78, 5) is 12.2. The first-order chi connectivity index (χ1) is 17.9. The lowest BCUT2D eigenvalue weighted by Gasteiger charge is -2.23. The van der Waals surface area contributed by atoms with Crippen molar-refractivity contribution in [2.24, 2.45) is 0 Å². The first-order valence-electron chi connectivity index (χ1n) is 13.2. The van der Waals surface area contributed by atoms with Gasteiger partial charge in [-0.3, -0.25) is 9.28 Å². The molecule has 0 fully saturated rings. The monoisotopic (exact) mass is 499 g/mol. The number of aromatic nitrogens is 1. The first kappa shape index (κ1) is 26.5. The number of hydrogen-bond acceptors (Lipinski definition) is 3. The van der Waals surface area contributed by atoms with Crippen molar-refractivity contribution in [1.82, 2.24) is 9.05 Å². The number of quaternary nitrogens is 1. The minimum absolute atomic E-state index is 0.149. The number of benzene rings is 3. The smallest absolute Gasteiger partial charge is 0.310 e. The molecule has 0 bridgehead atoms. The van der Waals surface area contributed by atoms with Crippen LogP contribution in [-0.4, -0.2) is 38.3 Å². The average molecular weight is 500 g/mol. The number of carbonyl (C=O) groups is 1. The Labute approximate surface area is 220 Å². The third-order valence-electron chi connectivity index (χ3n) is 6.61. The lowest BCUT2D eigenvalue weighted by atomic mass is 10.1. The zero-order valence-corrected chi connectivity index (χ0v) is 22.4. The van der Waals surface area contributed by atoms with Crippen molar-refractivity contribution < 1.29 is 14.3 Å². The van der Waals surface area contributed by atoms with Gasteiger partial charge < -0.3 is 14.0 Å². The Bertz CT molecular complexity index is 1270. The molecule has 0 atom stereocenters. The van der Waals surface area contributed by atoms with Gasteiger partial charge in [-0.2, -0.15) is 0 Å². The van der Waals surface area contributed by atoms with Crippen LogP contribution in [0.3, 0.4) is 0 Å². The van der Waals surface area contributed by atoms with Gasteiger partial charge >= 0.3 is 5.97 Å². The maximum absolute atomic E-state index is 12.2. The van der Waals surface area contributed by atoms with E-state index in [1.807, 2.05) is 36.4 Å². The van der Waals surface area contributed by atoms with Gasteiger partial charge in [0, 0.05) is 23.6 Å². The average Bonchev–Trinajstić information content (AvgIpc) is 3.29. The van der Waals surface area contributed by atoms with E-state index < -0.39 is 0 Å². The Morgan fingerprint density at radius 2 is 1.57 bits per heavy atom. The zero-order valence-electron chi connectivity index (χ0n) is 22.4. The van der Waals surface area contributed by atoms with E-state index in [1.54, 1.807) is 0 Å². The second-order valence-corrected chi connectivity index (χ2v) is 10.5. The number of nitrogens with zero attached hydrogens (tertiary/aromatic N) is 2. The summed E-state index contributed by atoms with van der Waals surface area (Å²) in [5.41, 5.74) is 4.61. The van der Waals surface area contributed by atoms with E-state index in [-0.39, 0.29) is 5.97 Å². The SMILES string of the molecule is C[N+](C)(C)c1ccc(CC(=O)OCCCCCCn2ccc3cc(OCc4ccccc4)ccc32)cc1. The largest absolute Gasteiger partial charge is 0.489 e. The standard InChI is InChI=1S/C32H39N2O3/c1-34(2,3)29-15-13-26(14-16-29)23-32(35)36-22-10-5-4-9-20-33-21-19-28-24-30(17-18-31(28)33)37-25-27-11-7-6-8-12-27/h6-8,11-19,21,24H,4-5,9-10,20,22-23,25H2,1-3H3/q+1. The molecule has 0 saturated carbocycles. The van der Waals surface area contributed by atoms with Crippen molar-refractivity contribution in [3.05, 3.63) is 96.2 Å². The highest BCUT2D eigenvalue weighted by molar-refractivity contribution is 5.81. The molecule has 0 spiro atoms. The van der Waals surface area contributed by atoms with Crippen LogP contribution in [0.2, 0.25) is 0 Å². The molecule has 1 aromatic heterocycles. The van der Waals surface area contributed by atoms with Crippen LogP contribution in [0, 0.1) is 0 Å². The Hall–Kier alpha value is -3.57. The summed E-state index contributed by atoms with van der Waals surface area (Å²) in [7, 11) is 6.38. The number of rotatable bonds is 13. The summed E-state index contributed by atoms with van der Waals surface area (Å²) < 4.78 is 14.5. The molecule has 3 aromatic carbocycles. The van der Waals surface area contributed by atoms with Crippen LogP contribution in [0.15, 0.2) is 85.1 Å². The molecule has 37 heavy (non-hydrogen) atoms. The van der Waals surface area contributed by atoms with Gasteiger partial charge in [0.1, 0.15) is 18.0 Å². The molecule has 5 nitrogen and oxygen atoms in total. The van der Waals surface area contributed by atoms with Crippen molar-refractivity contribution in [2.45, 2.75) is 45.3 Å². The van der Waals surface area contributed by atoms with Gasteiger partial charge in [-0.1, -0.05) is 48.9 Å². The first-order valence-corrected chi connectivity index (χ1v) is 13.2. The molecule has 0 aliphatic heterocycles. The van der Waals surface area contributed by atoms with Gasteiger partial charge in [0.05, 0.1) is 34.2 Å². The molecule has 0 aliphatic carbocycles. The lowest BCUT2D eigenvalue weighted by Crippen LogP contribution is -2.34. The quantitative estimate of drug-likeness (QED) is 0.116. The van der Waals surface area contributed by atoms with E-state index in [2.05, 4.69) is 74.4 Å². The van der Waals surface area contributed by atoms with E-state index in [0.717, 1.165) is 48.0 Å². The molecule has 5 heteroatoms. The number of esters is 1. The highest BCUT2D eigenvalue weighted by Crippen LogP contribution is 2.23. The Morgan fingerprint density at radius 1 is 0.811 bits per heavy atom. The van der Waals surface area contributed by atoms with E-state index in [9.17, 15) is 4.79 Å². The molecular weight excluding hydrogens is 460 g/mol. The summed E-state index contributed by atoms with van der Waals surface area (Å²) in [6.07, 6.45) is 6.66. The molecule has 4 rings (SSSR count). The molecule has 0 radical (unpaired) electrons. The van der Waals surface area contributed by atoms with Crippen molar-refractivity contribution in [2.75, 3.05) is 27.7 Å². The van der Waals surface area contributed by atoms with Crippen molar-refractivity contribution in [3.63, 3.8) is 0 Å². The summed E-state index contributed by atoms with van der Waals surface area (Å²) in [6, 6.07) is 26.9. The molecule has 0 unspecified atom stereocenters. The third kappa shape index (κ3) is 7.96. The fourth-order valence-electron chi connectivity index (χ4n) is 4.41.